The van der Waals surface area contributed by atoms with E-state index in [-0.39, 0.29) is 29.4 Å². The van der Waals surface area contributed by atoms with Gasteiger partial charge >= 0.3 is 5.97 Å². The van der Waals surface area contributed by atoms with E-state index in [2.05, 4.69) is 97.1 Å². The fourth-order valence-electron chi connectivity index (χ4n) is 11.6. The van der Waals surface area contributed by atoms with Crippen LogP contribution in [0.4, 0.5) is 0 Å². The van der Waals surface area contributed by atoms with Crippen LogP contribution in [0.25, 0.3) is 18.2 Å². The average Bonchev–Trinajstić information content (AvgIpc) is 3.67. The number of aldehydes is 1. The Morgan fingerprint density at radius 3 is 2.48 bits per heavy atom. The number of benzene rings is 3. The second-order valence-electron chi connectivity index (χ2n) is 17.7. The number of unbranched alkanes of at least 4 members (excludes halogenated alkanes) is 2. The first-order valence-electron chi connectivity index (χ1n) is 21.5. The molecule has 0 aliphatic heterocycles. The molecule has 5 aliphatic carbocycles. The number of fused-ring (bicyclic) bond motifs is 3. The highest BCUT2D eigenvalue weighted by Crippen LogP contribution is 2.58. The summed E-state index contributed by atoms with van der Waals surface area (Å²) in [5.74, 6) is 0.868. The number of rotatable bonds is 12. The number of phenols is 1. The standard InChI is InChI=1S/C51H59NO4/c52-25-24-34-14-17-41(26-34)42(33-53)12-3-1-2-8-36-9-6-7-13-48(50(55)56)51-32-44-30-40-11-5-4-10-39(40)29-43(44)31-45(51)21-18-38-16-15-35(28-49(38)51)27-47(36)37-19-22-46(54)23-20-37/h4-7,10-11,15-16,18-23,26,28-30,33,36,41-45,47-48,54H,1-3,8-9,12-14,17,24-25,27,31-32,52H2,(H,55,56). The van der Waals surface area contributed by atoms with Gasteiger partial charge in [0.2, 0.25) is 0 Å². The van der Waals surface area contributed by atoms with E-state index in [0.717, 1.165) is 82.6 Å². The van der Waals surface area contributed by atoms with E-state index in [1.165, 1.54) is 39.0 Å². The van der Waals surface area contributed by atoms with E-state index in [0.29, 0.717) is 30.7 Å². The number of hydrogen-bond acceptors (Lipinski definition) is 4. The zero-order chi connectivity index (χ0) is 38.6. The third-order valence-corrected chi connectivity index (χ3v) is 14.5. The highest BCUT2D eigenvalue weighted by atomic mass is 16.4. The molecular formula is C51H59NO4. The van der Waals surface area contributed by atoms with Crippen LogP contribution in [0.2, 0.25) is 0 Å². The molecular weight excluding hydrogens is 691 g/mol. The van der Waals surface area contributed by atoms with Crippen molar-refractivity contribution in [1.29, 1.82) is 0 Å². The molecule has 5 heteroatoms. The van der Waals surface area contributed by atoms with Crippen molar-refractivity contribution in [3.8, 4) is 5.75 Å². The van der Waals surface area contributed by atoms with E-state index >= 15 is 0 Å². The van der Waals surface area contributed by atoms with Gasteiger partial charge in [-0.15, -0.1) is 0 Å². The number of nitrogens with two attached hydrogens (primary N) is 1. The SMILES string of the molecule is NCCC1=CC(C(C=O)CCCCCC2CC=CCC(C(=O)O)C34CC5C=c6ccccc6=CC5CC3C=Cc3ccc(cc34)CC2c2ccc(O)cc2)CC1. The van der Waals surface area contributed by atoms with Gasteiger partial charge in [0.25, 0.3) is 0 Å². The summed E-state index contributed by atoms with van der Waals surface area (Å²) in [4.78, 5) is 25.7. The number of aromatic hydroxyl groups is 1. The maximum atomic E-state index is 13.6. The van der Waals surface area contributed by atoms with E-state index in [9.17, 15) is 19.8 Å². The molecule has 5 aliphatic rings. The van der Waals surface area contributed by atoms with E-state index < -0.39 is 17.3 Å². The maximum Gasteiger partial charge on any atom is 0.307 e. The number of carbonyl (C=O) groups is 2. The Labute approximate surface area is 332 Å². The molecule has 0 saturated heterocycles. The number of phenolic OH excluding ortho intramolecular Hbond substituents is 1. The number of carbonyl (C=O) groups excluding carboxylic acids is 1. The molecule has 4 N–H and O–H groups in total. The van der Waals surface area contributed by atoms with Crippen LogP contribution in [0, 0.1) is 41.4 Å². The molecule has 1 spiro atoms. The van der Waals surface area contributed by atoms with Crippen molar-refractivity contribution in [2.75, 3.05) is 6.54 Å². The summed E-state index contributed by atoms with van der Waals surface area (Å²) in [5.41, 5.74) is 11.6. The lowest BCUT2D eigenvalue weighted by atomic mass is 9.49. The van der Waals surface area contributed by atoms with Crippen LogP contribution in [0.15, 0.2) is 96.6 Å². The first-order valence-corrected chi connectivity index (χ1v) is 21.5. The second-order valence-corrected chi connectivity index (χ2v) is 17.7. The van der Waals surface area contributed by atoms with Crippen molar-refractivity contribution in [2.45, 2.75) is 94.8 Å². The Morgan fingerprint density at radius 1 is 0.929 bits per heavy atom. The molecule has 9 atom stereocenters. The van der Waals surface area contributed by atoms with Gasteiger partial charge in [-0.1, -0.05) is 122 Å². The first-order chi connectivity index (χ1) is 27.4. The molecule has 1 saturated carbocycles. The lowest BCUT2D eigenvalue weighted by Gasteiger charge is -2.54. The van der Waals surface area contributed by atoms with Crippen molar-refractivity contribution in [3.05, 3.63) is 129 Å². The largest absolute Gasteiger partial charge is 0.508 e. The molecule has 9 unspecified atom stereocenters. The van der Waals surface area contributed by atoms with Gasteiger partial charge in [-0.2, -0.15) is 0 Å². The molecule has 3 aromatic rings. The van der Waals surface area contributed by atoms with Crippen molar-refractivity contribution < 1.29 is 19.8 Å². The molecule has 56 heavy (non-hydrogen) atoms. The minimum Gasteiger partial charge on any atom is -0.508 e. The quantitative estimate of drug-likeness (QED) is 0.0976. The second kappa shape index (κ2) is 16.9. The van der Waals surface area contributed by atoms with Crippen LogP contribution in [0.1, 0.15) is 105 Å². The third kappa shape index (κ3) is 7.77. The smallest absolute Gasteiger partial charge is 0.307 e. The lowest BCUT2D eigenvalue weighted by molar-refractivity contribution is -0.146. The predicted octanol–water partition coefficient (Wildman–Crippen LogP) is 9.02. The van der Waals surface area contributed by atoms with E-state index in [1.807, 2.05) is 12.1 Å². The maximum absolute atomic E-state index is 13.6. The fourth-order valence-corrected chi connectivity index (χ4v) is 11.6. The summed E-state index contributed by atoms with van der Waals surface area (Å²) < 4.78 is 0. The monoisotopic (exact) mass is 749 g/mol. The van der Waals surface area contributed by atoms with Gasteiger partial charge in [0.15, 0.2) is 0 Å². The summed E-state index contributed by atoms with van der Waals surface area (Å²) in [7, 11) is 0. The Bertz CT molecular complexity index is 2110. The van der Waals surface area contributed by atoms with E-state index in [1.54, 1.807) is 0 Å². The summed E-state index contributed by atoms with van der Waals surface area (Å²) in [6, 6.07) is 23.4. The van der Waals surface area contributed by atoms with Gasteiger partial charge in [-0.25, -0.2) is 0 Å². The van der Waals surface area contributed by atoms with Gasteiger partial charge in [-0.05, 0) is 151 Å². The van der Waals surface area contributed by atoms with Crippen LogP contribution in [0.5, 0.6) is 5.75 Å². The minimum atomic E-state index is -0.696. The highest BCUT2D eigenvalue weighted by molar-refractivity contribution is 5.76. The number of allylic oxidation sites excluding steroid dienone is 4. The molecule has 292 valence electrons. The van der Waals surface area contributed by atoms with E-state index in [4.69, 9.17) is 5.73 Å². The Balaban J connectivity index is 1.08. The van der Waals surface area contributed by atoms with Crippen molar-refractivity contribution in [1.82, 2.24) is 0 Å². The Hall–Kier alpha value is -4.48. The Kier molecular flexibility index (Phi) is 11.6. The fraction of sp³-hybridized carbons (Fsp3) is 0.451. The van der Waals surface area contributed by atoms with Gasteiger partial charge in [0.05, 0.1) is 5.92 Å². The van der Waals surface area contributed by atoms with Gasteiger partial charge in [0.1, 0.15) is 12.0 Å². The van der Waals surface area contributed by atoms with Gasteiger partial charge < -0.3 is 20.7 Å². The predicted molar refractivity (Wildman–Crippen MR) is 226 cm³/mol. The average molecular weight is 750 g/mol. The van der Waals surface area contributed by atoms with Crippen molar-refractivity contribution in [3.63, 3.8) is 0 Å². The van der Waals surface area contributed by atoms with Crippen LogP contribution >= 0.6 is 0 Å². The third-order valence-electron chi connectivity index (χ3n) is 14.5. The van der Waals surface area contributed by atoms with Gasteiger partial charge in [0, 0.05) is 11.3 Å². The number of aliphatic carboxylic acids is 1. The zero-order valence-corrected chi connectivity index (χ0v) is 32.8. The Morgan fingerprint density at radius 2 is 1.71 bits per heavy atom. The summed E-state index contributed by atoms with van der Waals surface area (Å²) in [6.07, 6.45) is 29.7. The molecule has 2 bridgehead atoms. The lowest BCUT2D eigenvalue weighted by Crippen LogP contribution is -2.53. The normalized spacial score (nSPS) is 29.5. The first kappa shape index (κ1) is 38.4. The van der Waals surface area contributed by atoms with Crippen LogP contribution < -0.4 is 16.2 Å². The number of hydrogen-bond donors (Lipinski definition) is 3. The zero-order valence-electron chi connectivity index (χ0n) is 32.8. The molecule has 0 aromatic heterocycles. The minimum absolute atomic E-state index is 0.0863. The molecule has 0 amide bonds. The molecule has 0 heterocycles. The van der Waals surface area contributed by atoms with Gasteiger partial charge in [-0.3, -0.25) is 4.79 Å². The summed E-state index contributed by atoms with van der Waals surface area (Å²) in [6.45, 7) is 0.672. The molecule has 8 rings (SSSR count). The highest BCUT2D eigenvalue weighted by Gasteiger charge is 2.55. The number of carboxylic acids is 1. The molecule has 0 radical (unpaired) electrons. The topological polar surface area (TPSA) is 101 Å². The van der Waals surface area contributed by atoms with Crippen molar-refractivity contribution in [2.24, 2.45) is 47.2 Å². The van der Waals surface area contributed by atoms with Crippen LogP contribution in [-0.4, -0.2) is 29.0 Å². The summed E-state index contributed by atoms with van der Waals surface area (Å²) in [5, 5.41) is 24.0. The van der Waals surface area contributed by atoms with Crippen LogP contribution in [0.3, 0.4) is 0 Å². The summed E-state index contributed by atoms with van der Waals surface area (Å²) >= 11 is 0. The molecule has 3 aromatic carbocycles. The molecule has 5 nitrogen and oxygen atoms in total. The molecule has 1 fully saturated rings. The number of carboxylic acid groups (broad SMARTS) is 1. The van der Waals surface area contributed by atoms with Crippen molar-refractivity contribution >= 4 is 30.5 Å². The van der Waals surface area contributed by atoms with Crippen LogP contribution in [-0.2, 0) is 21.4 Å².